The number of methoxy groups -OCH3 is 1. The first-order valence-electron chi connectivity index (χ1n) is 9.45. The topological polar surface area (TPSA) is 54.9 Å². The minimum atomic E-state index is 0. The number of nitrogens with one attached hydrogen (secondary N) is 2. The SMILES string of the molecule is CCNC(=NCc1cccc(COC(C)C)c1)NCc1cccc(OC)c1.I. The quantitative estimate of drug-likeness (QED) is 0.305. The predicted octanol–water partition coefficient (Wildman–Crippen LogP) is 4.49. The molecule has 2 rings (SSSR count). The molecule has 0 aliphatic heterocycles. The van der Waals surface area contributed by atoms with Gasteiger partial charge >= 0.3 is 0 Å². The van der Waals surface area contributed by atoms with Crippen LogP contribution in [0.4, 0.5) is 0 Å². The summed E-state index contributed by atoms with van der Waals surface area (Å²) in [5.74, 6) is 1.65. The van der Waals surface area contributed by atoms with Gasteiger partial charge in [0, 0.05) is 13.1 Å². The molecule has 5 nitrogen and oxygen atoms in total. The number of halogens is 1. The van der Waals surface area contributed by atoms with E-state index in [4.69, 9.17) is 14.5 Å². The number of hydrogen-bond acceptors (Lipinski definition) is 3. The first kappa shape index (κ1) is 24.2. The molecule has 0 saturated heterocycles. The summed E-state index contributed by atoms with van der Waals surface area (Å²) in [6.07, 6.45) is 0.229. The van der Waals surface area contributed by atoms with Crippen molar-refractivity contribution in [2.45, 2.75) is 46.6 Å². The fourth-order valence-corrected chi connectivity index (χ4v) is 2.56. The van der Waals surface area contributed by atoms with Crippen LogP contribution in [0.25, 0.3) is 0 Å². The van der Waals surface area contributed by atoms with E-state index in [0.717, 1.165) is 23.8 Å². The lowest BCUT2D eigenvalue weighted by atomic mass is 10.1. The highest BCUT2D eigenvalue weighted by Gasteiger charge is 2.02. The van der Waals surface area contributed by atoms with Gasteiger partial charge in [-0.15, -0.1) is 24.0 Å². The van der Waals surface area contributed by atoms with Crippen molar-refractivity contribution >= 4 is 29.9 Å². The minimum absolute atomic E-state index is 0. The fraction of sp³-hybridized carbons (Fsp3) is 0.409. The standard InChI is InChI=1S/C22H31N3O2.HI/c1-5-23-22(25-15-19-9-7-11-21(13-19)26-4)24-14-18-8-6-10-20(12-18)16-27-17(2)3;/h6-13,17H,5,14-16H2,1-4H3,(H2,23,24,25);1H. The maximum atomic E-state index is 5.68. The summed E-state index contributed by atoms with van der Waals surface area (Å²) >= 11 is 0. The molecule has 0 unspecified atom stereocenters. The van der Waals surface area contributed by atoms with E-state index >= 15 is 0 Å². The highest BCUT2D eigenvalue weighted by Crippen LogP contribution is 2.12. The predicted molar refractivity (Wildman–Crippen MR) is 126 cm³/mol. The molecule has 2 N–H and O–H groups in total. The molecule has 0 saturated carbocycles. The van der Waals surface area contributed by atoms with Gasteiger partial charge in [-0.3, -0.25) is 0 Å². The van der Waals surface area contributed by atoms with Crippen molar-refractivity contribution in [3.63, 3.8) is 0 Å². The van der Waals surface area contributed by atoms with E-state index in [1.165, 1.54) is 11.1 Å². The van der Waals surface area contributed by atoms with E-state index in [1.807, 2.05) is 32.0 Å². The van der Waals surface area contributed by atoms with Crippen LogP contribution in [0, 0.1) is 0 Å². The van der Waals surface area contributed by atoms with Crippen LogP contribution in [0.15, 0.2) is 53.5 Å². The van der Waals surface area contributed by atoms with Gasteiger partial charge in [0.1, 0.15) is 5.75 Å². The highest BCUT2D eigenvalue weighted by atomic mass is 127. The Kier molecular flexibility index (Phi) is 11.6. The number of ether oxygens (including phenoxy) is 2. The molecule has 0 amide bonds. The molecule has 28 heavy (non-hydrogen) atoms. The number of aliphatic imine (C=N–C) groups is 1. The monoisotopic (exact) mass is 497 g/mol. The lowest BCUT2D eigenvalue weighted by molar-refractivity contribution is 0.0657. The van der Waals surface area contributed by atoms with E-state index in [0.29, 0.717) is 19.7 Å². The van der Waals surface area contributed by atoms with Gasteiger partial charge in [-0.2, -0.15) is 0 Å². The highest BCUT2D eigenvalue weighted by molar-refractivity contribution is 14.0. The van der Waals surface area contributed by atoms with Gasteiger partial charge in [0.2, 0.25) is 0 Å². The fourth-order valence-electron chi connectivity index (χ4n) is 2.56. The van der Waals surface area contributed by atoms with Crippen molar-refractivity contribution in [3.05, 3.63) is 65.2 Å². The van der Waals surface area contributed by atoms with E-state index in [2.05, 4.69) is 47.9 Å². The first-order chi connectivity index (χ1) is 13.1. The van der Waals surface area contributed by atoms with Crippen molar-refractivity contribution in [1.82, 2.24) is 10.6 Å². The van der Waals surface area contributed by atoms with Crippen LogP contribution in [0.3, 0.4) is 0 Å². The minimum Gasteiger partial charge on any atom is -0.497 e. The summed E-state index contributed by atoms with van der Waals surface area (Å²) in [7, 11) is 1.68. The Bertz CT molecular complexity index is 735. The summed E-state index contributed by atoms with van der Waals surface area (Å²) in [6.45, 7) is 8.89. The van der Waals surface area contributed by atoms with Gasteiger partial charge in [-0.05, 0) is 49.6 Å². The van der Waals surface area contributed by atoms with Crippen LogP contribution in [-0.2, 0) is 24.4 Å². The first-order valence-corrected chi connectivity index (χ1v) is 9.45. The molecule has 0 atom stereocenters. The molecule has 6 heteroatoms. The number of guanidine groups is 1. The molecule has 0 bridgehead atoms. The van der Waals surface area contributed by atoms with Crippen molar-refractivity contribution in [2.75, 3.05) is 13.7 Å². The zero-order valence-corrected chi connectivity index (χ0v) is 19.5. The zero-order valence-electron chi connectivity index (χ0n) is 17.2. The third kappa shape index (κ3) is 8.93. The molecule has 0 aliphatic rings. The van der Waals surface area contributed by atoms with Crippen LogP contribution in [0.2, 0.25) is 0 Å². The third-order valence-electron chi connectivity index (χ3n) is 3.93. The van der Waals surface area contributed by atoms with Gasteiger partial charge in [0.25, 0.3) is 0 Å². The second-order valence-corrected chi connectivity index (χ2v) is 6.58. The van der Waals surface area contributed by atoms with Gasteiger partial charge in [-0.1, -0.05) is 36.4 Å². The van der Waals surface area contributed by atoms with E-state index in [1.54, 1.807) is 7.11 Å². The second-order valence-electron chi connectivity index (χ2n) is 6.58. The maximum Gasteiger partial charge on any atom is 0.191 e. The van der Waals surface area contributed by atoms with Crippen molar-refractivity contribution < 1.29 is 9.47 Å². The molecule has 2 aromatic carbocycles. The summed E-state index contributed by atoms with van der Waals surface area (Å²) in [5.41, 5.74) is 3.48. The van der Waals surface area contributed by atoms with E-state index < -0.39 is 0 Å². The summed E-state index contributed by atoms with van der Waals surface area (Å²) in [6, 6.07) is 16.4. The van der Waals surface area contributed by atoms with E-state index in [9.17, 15) is 0 Å². The molecule has 0 aliphatic carbocycles. The number of rotatable bonds is 9. The summed E-state index contributed by atoms with van der Waals surface area (Å²) in [4.78, 5) is 4.70. The Hall–Kier alpha value is -1.80. The van der Waals surface area contributed by atoms with Crippen LogP contribution in [-0.4, -0.2) is 25.7 Å². The molecular weight excluding hydrogens is 465 g/mol. The Balaban J connectivity index is 0.00000392. The second kappa shape index (κ2) is 13.4. The van der Waals surface area contributed by atoms with Crippen LogP contribution in [0.5, 0.6) is 5.75 Å². The van der Waals surface area contributed by atoms with E-state index in [-0.39, 0.29) is 30.1 Å². The van der Waals surface area contributed by atoms with Crippen LogP contribution >= 0.6 is 24.0 Å². The largest absolute Gasteiger partial charge is 0.497 e. The average Bonchev–Trinajstić information content (AvgIpc) is 2.69. The van der Waals surface area contributed by atoms with Crippen molar-refractivity contribution in [1.29, 1.82) is 0 Å². The molecule has 0 fully saturated rings. The lowest BCUT2D eigenvalue weighted by Crippen LogP contribution is -2.36. The number of benzene rings is 2. The van der Waals surface area contributed by atoms with Crippen LogP contribution < -0.4 is 15.4 Å². The summed E-state index contributed by atoms with van der Waals surface area (Å²) in [5, 5.41) is 6.66. The molecule has 0 heterocycles. The molecule has 154 valence electrons. The number of hydrogen-bond donors (Lipinski definition) is 2. The Labute approximate surface area is 186 Å². The van der Waals surface area contributed by atoms with Gasteiger partial charge in [-0.25, -0.2) is 4.99 Å². The maximum absolute atomic E-state index is 5.68. The van der Waals surface area contributed by atoms with Gasteiger partial charge < -0.3 is 20.1 Å². The molecule has 0 radical (unpaired) electrons. The molecule has 0 spiro atoms. The molecule has 2 aromatic rings. The average molecular weight is 497 g/mol. The van der Waals surface area contributed by atoms with Crippen molar-refractivity contribution in [2.24, 2.45) is 4.99 Å². The van der Waals surface area contributed by atoms with Gasteiger partial charge in [0.05, 0.1) is 26.4 Å². The summed E-state index contributed by atoms with van der Waals surface area (Å²) < 4.78 is 11.0. The van der Waals surface area contributed by atoms with Crippen LogP contribution in [0.1, 0.15) is 37.5 Å². The van der Waals surface area contributed by atoms with Gasteiger partial charge in [0.15, 0.2) is 5.96 Å². The third-order valence-corrected chi connectivity index (χ3v) is 3.93. The lowest BCUT2D eigenvalue weighted by Gasteiger charge is -2.12. The Morgan fingerprint density at radius 1 is 1.00 bits per heavy atom. The van der Waals surface area contributed by atoms with Crippen molar-refractivity contribution in [3.8, 4) is 5.75 Å². The molecular formula is C22H32IN3O2. The normalized spacial score (nSPS) is 11.1. The Morgan fingerprint density at radius 3 is 2.43 bits per heavy atom. The Morgan fingerprint density at radius 2 is 1.71 bits per heavy atom. The molecule has 0 aromatic heterocycles. The zero-order chi connectivity index (χ0) is 19.5. The number of nitrogens with zero attached hydrogens (tertiary/aromatic N) is 1. The smallest absolute Gasteiger partial charge is 0.191 e.